The monoisotopic (exact) mass is 208 g/mol. The molecule has 0 spiro atoms. The Bertz CT molecular complexity index is 254. The summed E-state index contributed by atoms with van der Waals surface area (Å²) in [7, 11) is 0. The van der Waals surface area contributed by atoms with Crippen LogP contribution in [-0.2, 0) is 6.42 Å². The smallest absolute Gasteiger partial charge is 0.389 e. The number of rotatable bonds is 4. The zero-order valence-electron chi connectivity index (χ0n) is 7.42. The maximum absolute atomic E-state index is 12.0. The molecule has 14 heavy (non-hydrogen) atoms. The van der Waals surface area contributed by atoms with Crippen LogP contribution in [0, 0.1) is 5.92 Å². The summed E-state index contributed by atoms with van der Waals surface area (Å²) in [6, 6.07) is 3.20. The molecule has 1 N–H and O–H groups in total. The van der Waals surface area contributed by atoms with Crippen LogP contribution in [0.15, 0.2) is 22.8 Å². The quantitative estimate of drug-likeness (QED) is 0.824. The van der Waals surface area contributed by atoms with Gasteiger partial charge in [-0.25, -0.2) is 0 Å². The van der Waals surface area contributed by atoms with Crippen molar-refractivity contribution in [3.63, 3.8) is 0 Å². The highest BCUT2D eigenvalue weighted by Gasteiger charge is 2.31. The topological polar surface area (TPSA) is 33.4 Å². The van der Waals surface area contributed by atoms with Gasteiger partial charge in [0.25, 0.3) is 0 Å². The second-order valence-corrected chi connectivity index (χ2v) is 3.15. The Balaban J connectivity index is 2.47. The van der Waals surface area contributed by atoms with Gasteiger partial charge in [0.2, 0.25) is 0 Å². The van der Waals surface area contributed by atoms with Crippen LogP contribution in [0.25, 0.3) is 0 Å². The molecule has 0 saturated carbocycles. The summed E-state index contributed by atoms with van der Waals surface area (Å²) in [5.41, 5.74) is 0. The van der Waals surface area contributed by atoms with Crippen LogP contribution < -0.4 is 0 Å². The first-order valence-electron chi connectivity index (χ1n) is 4.21. The van der Waals surface area contributed by atoms with Gasteiger partial charge in [0.1, 0.15) is 5.76 Å². The highest BCUT2D eigenvalue weighted by molar-refractivity contribution is 4.99. The average molecular weight is 208 g/mol. The first-order valence-corrected chi connectivity index (χ1v) is 4.21. The summed E-state index contributed by atoms with van der Waals surface area (Å²) in [5, 5.41) is 8.75. The zero-order valence-corrected chi connectivity index (χ0v) is 7.42. The van der Waals surface area contributed by atoms with Gasteiger partial charge in [-0.2, -0.15) is 13.2 Å². The second kappa shape index (κ2) is 4.50. The highest BCUT2D eigenvalue weighted by Crippen LogP contribution is 2.26. The van der Waals surface area contributed by atoms with Crippen LogP contribution in [0.3, 0.4) is 0 Å². The van der Waals surface area contributed by atoms with E-state index in [9.17, 15) is 13.2 Å². The summed E-state index contributed by atoms with van der Waals surface area (Å²) in [6.07, 6.45) is -3.70. The van der Waals surface area contributed by atoms with Crippen molar-refractivity contribution < 1.29 is 22.7 Å². The lowest BCUT2D eigenvalue weighted by atomic mass is 10.0. The lowest BCUT2D eigenvalue weighted by Crippen LogP contribution is -2.19. The molecule has 0 aromatic carbocycles. The molecule has 0 aliphatic carbocycles. The average Bonchev–Trinajstić information content (AvgIpc) is 2.53. The van der Waals surface area contributed by atoms with Crippen LogP contribution >= 0.6 is 0 Å². The minimum absolute atomic E-state index is 0.114. The fourth-order valence-electron chi connectivity index (χ4n) is 1.24. The molecule has 0 unspecified atom stereocenters. The Morgan fingerprint density at radius 2 is 2.14 bits per heavy atom. The minimum atomic E-state index is -4.24. The fourth-order valence-corrected chi connectivity index (χ4v) is 1.24. The largest absolute Gasteiger partial charge is 0.469 e. The predicted octanol–water partition coefficient (Wildman–Crippen LogP) is 2.38. The summed E-state index contributed by atoms with van der Waals surface area (Å²) in [5.74, 6) is -0.352. The van der Waals surface area contributed by atoms with E-state index in [1.165, 1.54) is 6.26 Å². The van der Waals surface area contributed by atoms with Crippen LogP contribution in [-0.4, -0.2) is 17.9 Å². The first-order chi connectivity index (χ1) is 6.51. The molecule has 80 valence electrons. The van der Waals surface area contributed by atoms with E-state index < -0.39 is 25.1 Å². The molecule has 2 nitrogen and oxygen atoms in total. The van der Waals surface area contributed by atoms with Gasteiger partial charge in [-0.15, -0.1) is 0 Å². The van der Waals surface area contributed by atoms with E-state index in [0.29, 0.717) is 5.76 Å². The van der Waals surface area contributed by atoms with Crippen molar-refractivity contribution in [3.05, 3.63) is 24.2 Å². The predicted molar refractivity (Wildman–Crippen MR) is 43.7 cm³/mol. The molecule has 1 aromatic rings. The molecule has 0 aliphatic rings. The molecule has 1 rings (SSSR count). The third-order valence-corrected chi connectivity index (χ3v) is 1.85. The number of hydrogen-bond donors (Lipinski definition) is 1. The van der Waals surface area contributed by atoms with Crippen molar-refractivity contribution in [2.75, 3.05) is 6.61 Å². The molecule has 0 saturated heterocycles. The van der Waals surface area contributed by atoms with Crippen LogP contribution in [0.2, 0.25) is 0 Å². The van der Waals surface area contributed by atoms with E-state index in [1.54, 1.807) is 12.1 Å². The summed E-state index contributed by atoms with van der Waals surface area (Å²) >= 11 is 0. The minimum Gasteiger partial charge on any atom is -0.469 e. The molecule has 1 heterocycles. The van der Waals surface area contributed by atoms with E-state index in [0.717, 1.165) is 0 Å². The number of furan rings is 1. The Labute approximate surface area is 79.3 Å². The van der Waals surface area contributed by atoms with Gasteiger partial charge < -0.3 is 9.52 Å². The van der Waals surface area contributed by atoms with Crippen molar-refractivity contribution in [1.29, 1.82) is 0 Å². The lowest BCUT2D eigenvalue weighted by molar-refractivity contribution is -0.147. The van der Waals surface area contributed by atoms with Crippen LogP contribution in [0.5, 0.6) is 0 Å². The normalized spacial score (nSPS) is 14.3. The molecule has 0 amide bonds. The third kappa shape index (κ3) is 3.83. The SMILES string of the molecule is OC[C@@H](Cc1ccco1)CC(F)(F)F. The van der Waals surface area contributed by atoms with Crippen molar-refractivity contribution in [2.24, 2.45) is 5.92 Å². The number of halogens is 3. The highest BCUT2D eigenvalue weighted by atomic mass is 19.4. The molecule has 1 aromatic heterocycles. The third-order valence-electron chi connectivity index (χ3n) is 1.85. The molecular formula is C9H11F3O2. The number of aliphatic hydroxyl groups is 1. The van der Waals surface area contributed by atoms with Gasteiger partial charge in [-0.1, -0.05) is 0 Å². The molecule has 5 heteroatoms. The van der Waals surface area contributed by atoms with E-state index >= 15 is 0 Å². The number of alkyl halides is 3. The Hall–Kier alpha value is -0.970. The van der Waals surface area contributed by atoms with E-state index in [1.807, 2.05) is 0 Å². The van der Waals surface area contributed by atoms with Gasteiger partial charge in [-0.05, 0) is 18.1 Å². The van der Waals surface area contributed by atoms with Crippen molar-refractivity contribution in [2.45, 2.75) is 19.0 Å². The van der Waals surface area contributed by atoms with E-state index in [4.69, 9.17) is 9.52 Å². The van der Waals surface area contributed by atoms with E-state index in [2.05, 4.69) is 0 Å². The molecule has 0 fully saturated rings. The fraction of sp³-hybridized carbons (Fsp3) is 0.556. The van der Waals surface area contributed by atoms with E-state index in [-0.39, 0.29) is 6.42 Å². The van der Waals surface area contributed by atoms with Crippen molar-refractivity contribution in [3.8, 4) is 0 Å². The molecule has 1 atom stereocenters. The maximum atomic E-state index is 12.0. The van der Waals surface area contributed by atoms with Crippen molar-refractivity contribution >= 4 is 0 Å². The summed E-state index contributed by atoms with van der Waals surface area (Å²) in [4.78, 5) is 0. The molecular weight excluding hydrogens is 197 g/mol. The number of hydrogen-bond acceptors (Lipinski definition) is 2. The molecule has 0 bridgehead atoms. The lowest BCUT2D eigenvalue weighted by Gasteiger charge is -2.14. The second-order valence-electron chi connectivity index (χ2n) is 3.15. The Kier molecular flexibility index (Phi) is 3.57. The van der Waals surface area contributed by atoms with Crippen molar-refractivity contribution in [1.82, 2.24) is 0 Å². The Morgan fingerprint density at radius 3 is 2.57 bits per heavy atom. The van der Waals surface area contributed by atoms with Gasteiger partial charge >= 0.3 is 6.18 Å². The van der Waals surface area contributed by atoms with Gasteiger partial charge in [-0.3, -0.25) is 0 Å². The maximum Gasteiger partial charge on any atom is 0.389 e. The van der Waals surface area contributed by atoms with Gasteiger partial charge in [0.05, 0.1) is 6.26 Å². The standard InChI is InChI=1S/C9H11F3O2/c10-9(11,12)5-7(6-13)4-8-2-1-3-14-8/h1-3,7,13H,4-6H2/t7-/m0/s1. The Morgan fingerprint density at radius 1 is 1.43 bits per heavy atom. The zero-order chi connectivity index (χ0) is 10.6. The summed E-state index contributed by atoms with van der Waals surface area (Å²) in [6.45, 7) is -0.486. The van der Waals surface area contributed by atoms with Crippen LogP contribution in [0.4, 0.5) is 13.2 Å². The van der Waals surface area contributed by atoms with Crippen LogP contribution in [0.1, 0.15) is 12.2 Å². The molecule has 0 radical (unpaired) electrons. The van der Waals surface area contributed by atoms with Gasteiger partial charge in [0, 0.05) is 19.4 Å². The molecule has 0 aliphatic heterocycles. The number of aliphatic hydroxyl groups excluding tert-OH is 1. The van der Waals surface area contributed by atoms with Gasteiger partial charge in [0.15, 0.2) is 0 Å². The summed E-state index contributed by atoms with van der Waals surface area (Å²) < 4.78 is 40.8. The first kappa shape index (κ1) is 11.1.